The lowest BCUT2D eigenvalue weighted by Crippen LogP contribution is -2.33. The summed E-state index contributed by atoms with van der Waals surface area (Å²) < 4.78 is 0. The summed E-state index contributed by atoms with van der Waals surface area (Å²) in [5.74, 6) is -0.127. The minimum Gasteiger partial charge on any atom is -0.342 e. The van der Waals surface area contributed by atoms with Crippen LogP contribution in [0.1, 0.15) is 30.0 Å². The third-order valence-electron chi connectivity index (χ3n) is 4.27. The Morgan fingerprint density at radius 3 is 2.50 bits per heavy atom. The molecule has 0 spiro atoms. The van der Waals surface area contributed by atoms with Crippen LogP contribution in [-0.4, -0.2) is 29.8 Å². The molecular formula is C21H25ClN2O2. The Kier molecular flexibility index (Phi) is 7.22. The molecule has 0 aromatic heterocycles. The normalized spacial score (nSPS) is 10.5. The number of nitrogens with one attached hydrogen (secondary N) is 1. The van der Waals surface area contributed by atoms with E-state index in [0.29, 0.717) is 24.5 Å². The van der Waals surface area contributed by atoms with Crippen LogP contribution in [-0.2, 0) is 16.0 Å². The van der Waals surface area contributed by atoms with Gasteiger partial charge in [0.25, 0.3) is 0 Å². The van der Waals surface area contributed by atoms with E-state index < -0.39 is 0 Å². The van der Waals surface area contributed by atoms with Crippen molar-refractivity contribution < 1.29 is 9.59 Å². The molecule has 2 rings (SSSR count). The van der Waals surface area contributed by atoms with Crippen LogP contribution in [0.4, 0.5) is 5.69 Å². The van der Waals surface area contributed by atoms with Gasteiger partial charge in [-0.1, -0.05) is 41.4 Å². The molecule has 0 aliphatic heterocycles. The third-order valence-corrected chi connectivity index (χ3v) is 4.50. The molecule has 26 heavy (non-hydrogen) atoms. The first kappa shape index (κ1) is 20.0. The molecule has 0 bridgehead atoms. The number of benzene rings is 2. The zero-order chi connectivity index (χ0) is 19.1. The van der Waals surface area contributed by atoms with Crippen LogP contribution in [0.5, 0.6) is 0 Å². The second kappa shape index (κ2) is 9.39. The molecule has 2 aromatic carbocycles. The molecule has 2 aromatic rings. The average Bonchev–Trinajstić information content (AvgIpc) is 2.57. The molecule has 2 amide bonds. The number of carbonyl (C=O) groups is 2. The number of amides is 2. The van der Waals surface area contributed by atoms with Gasteiger partial charge in [0.1, 0.15) is 0 Å². The van der Waals surface area contributed by atoms with Crippen molar-refractivity contribution in [1.82, 2.24) is 4.90 Å². The van der Waals surface area contributed by atoms with Crippen LogP contribution < -0.4 is 5.32 Å². The Labute approximate surface area is 160 Å². The molecule has 1 N–H and O–H groups in total. The van der Waals surface area contributed by atoms with Gasteiger partial charge in [0.2, 0.25) is 11.8 Å². The Bertz CT molecular complexity index is 789. The van der Waals surface area contributed by atoms with Crippen molar-refractivity contribution in [2.75, 3.05) is 18.4 Å². The zero-order valence-electron chi connectivity index (χ0n) is 15.5. The van der Waals surface area contributed by atoms with Crippen LogP contribution >= 0.6 is 11.6 Å². The summed E-state index contributed by atoms with van der Waals surface area (Å²) in [7, 11) is 0. The maximum atomic E-state index is 12.2. The molecule has 0 aliphatic carbocycles. The number of anilines is 1. The van der Waals surface area contributed by atoms with Crippen LogP contribution in [0.25, 0.3) is 0 Å². The van der Waals surface area contributed by atoms with Crippen LogP contribution in [0.2, 0.25) is 5.02 Å². The van der Waals surface area contributed by atoms with Gasteiger partial charge in [-0.3, -0.25) is 9.59 Å². The Morgan fingerprint density at radius 1 is 1.08 bits per heavy atom. The smallest absolute Gasteiger partial charge is 0.226 e. The van der Waals surface area contributed by atoms with E-state index in [1.165, 1.54) is 6.92 Å². The predicted octanol–water partition coefficient (Wildman–Crippen LogP) is 4.38. The topological polar surface area (TPSA) is 49.4 Å². The van der Waals surface area contributed by atoms with Gasteiger partial charge in [-0.25, -0.2) is 0 Å². The monoisotopic (exact) mass is 372 g/mol. The van der Waals surface area contributed by atoms with E-state index in [-0.39, 0.29) is 18.2 Å². The van der Waals surface area contributed by atoms with Gasteiger partial charge in [-0.2, -0.15) is 0 Å². The summed E-state index contributed by atoms with van der Waals surface area (Å²) in [6.07, 6.45) is 0.973. The molecule has 5 heteroatoms. The molecular weight excluding hydrogens is 348 g/mol. The first-order valence-corrected chi connectivity index (χ1v) is 9.10. The molecule has 138 valence electrons. The molecule has 0 radical (unpaired) electrons. The summed E-state index contributed by atoms with van der Waals surface area (Å²) in [6.45, 7) is 6.47. The van der Waals surface area contributed by atoms with Gasteiger partial charge < -0.3 is 10.2 Å². The Morgan fingerprint density at radius 2 is 1.85 bits per heavy atom. The van der Waals surface area contributed by atoms with Crippen LogP contribution in [0.3, 0.4) is 0 Å². The van der Waals surface area contributed by atoms with E-state index >= 15 is 0 Å². The van der Waals surface area contributed by atoms with Crippen molar-refractivity contribution >= 4 is 29.1 Å². The number of rotatable bonds is 7. The highest BCUT2D eigenvalue weighted by Gasteiger charge is 2.12. The maximum absolute atomic E-state index is 12.2. The molecule has 0 unspecified atom stereocenters. The number of hydrogen-bond acceptors (Lipinski definition) is 2. The van der Waals surface area contributed by atoms with Crippen molar-refractivity contribution in [3.05, 3.63) is 64.2 Å². The number of carbonyl (C=O) groups excluding carboxylic acids is 2. The van der Waals surface area contributed by atoms with Gasteiger partial charge in [-0.15, -0.1) is 0 Å². The number of aryl methyl sites for hydroxylation is 2. The fraction of sp³-hybridized carbons (Fsp3) is 0.333. The van der Waals surface area contributed by atoms with E-state index in [1.54, 1.807) is 4.90 Å². The van der Waals surface area contributed by atoms with Crippen molar-refractivity contribution in [2.45, 2.75) is 33.6 Å². The van der Waals surface area contributed by atoms with Crippen LogP contribution in [0.15, 0.2) is 42.5 Å². The van der Waals surface area contributed by atoms with Gasteiger partial charge in [0.15, 0.2) is 0 Å². The predicted molar refractivity (Wildman–Crippen MR) is 107 cm³/mol. The quantitative estimate of drug-likeness (QED) is 0.784. The second-order valence-corrected chi connectivity index (χ2v) is 6.94. The summed E-state index contributed by atoms with van der Waals surface area (Å²) in [6, 6.07) is 13.5. The van der Waals surface area contributed by atoms with Gasteiger partial charge in [0, 0.05) is 37.1 Å². The highest BCUT2D eigenvalue weighted by atomic mass is 35.5. The lowest BCUT2D eigenvalue weighted by Gasteiger charge is -2.21. The summed E-state index contributed by atoms with van der Waals surface area (Å²) in [4.78, 5) is 25.8. The average molecular weight is 373 g/mol. The lowest BCUT2D eigenvalue weighted by molar-refractivity contribution is -0.129. The second-order valence-electron chi connectivity index (χ2n) is 6.50. The zero-order valence-corrected chi connectivity index (χ0v) is 16.3. The molecule has 0 saturated carbocycles. The van der Waals surface area contributed by atoms with Crippen molar-refractivity contribution in [1.29, 1.82) is 0 Å². The Balaban J connectivity index is 1.87. The molecule has 0 aliphatic rings. The highest BCUT2D eigenvalue weighted by Crippen LogP contribution is 2.16. The van der Waals surface area contributed by atoms with Gasteiger partial charge in [-0.05, 0) is 49.6 Å². The Hall–Kier alpha value is -2.33. The number of nitrogens with zero attached hydrogens (tertiary/aromatic N) is 1. The van der Waals surface area contributed by atoms with Crippen molar-refractivity contribution in [3.63, 3.8) is 0 Å². The minimum absolute atomic E-state index is 0.0358. The summed E-state index contributed by atoms with van der Waals surface area (Å²) in [5.41, 5.74) is 4.07. The van der Waals surface area contributed by atoms with E-state index in [0.717, 1.165) is 22.4 Å². The highest BCUT2D eigenvalue weighted by molar-refractivity contribution is 6.30. The van der Waals surface area contributed by atoms with Gasteiger partial charge in [0.05, 0.1) is 0 Å². The first-order chi connectivity index (χ1) is 12.3. The molecule has 0 heterocycles. The van der Waals surface area contributed by atoms with E-state index in [1.807, 2.05) is 56.3 Å². The standard InChI is InChI=1S/C21H25ClN2O2/c1-15-7-8-20(16(2)13-15)23-21(26)10-12-24(17(3)25)11-9-18-5-4-6-19(22)14-18/h4-8,13-14H,9-12H2,1-3H3,(H,23,26). The minimum atomic E-state index is -0.0917. The fourth-order valence-corrected chi connectivity index (χ4v) is 3.00. The van der Waals surface area contributed by atoms with Crippen molar-refractivity contribution in [3.8, 4) is 0 Å². The maximum Gasteiger partial charge on any atom is 0.226 e. The number of hydrogen-bond donors (Lipinski definition) is 1. The summed E-state index contributed by atoms with van der Waals surface area (Å²) in [5, 5.41) is 3.60. The SMILES string of the molecule is CC(=O)N(CCC(=O)Nc1ccc(C)cc1C)CCc1cccc(Cl)c1. The molecule has 0 fully saturated rings. The third kappa shape index (κ3) is 6.19. The van der Waals surface area contributed by atoms with E-state index in [9.17, 15) is 9.59 Å². The molecule has 4 nitrogen and oxygen atoms in total. The van der Waals surface area contributed by atoms with E-state index in [2.05, 4.69) is 5.32 Å². The largest absolute Gasteiger partial charge is 0.342 e. The first-order valence-electron chi connectivity index (χ1n) is 8.72. The number of halogens is 1. The molecule has 0 saturated heterocycles. The van der Waals surface area contributed by atoms with Crippen molar-refractivity contribution in [2.24, 2.45) is 0 Å². The lowest BCUT2D eigenvalue weighted by atomic mass is 10.1. The molecule has 0 atom stereocenters. The fourth-order valence-electron chi connectivity index (χ4n) is 2.79. The van der Waals surface area contributed by atoms with E-state index in [4.69, 9.17) is 11.6 Å². The van der Waals surface area contributed by atoms with Gasteiger partial charge >= 0.3 is 0 Å². The summed E-state index contributed by atoms with van der Waals surface area (Å²) >= 11 is 5.99. The van der Waals surface area contributed by atoms with Crippen LogP contribution in [0, 0.1) is 13.8 Å².